The summed E-state index contributed by atoms with van der Waals surface area (Å²) in [6.07, 6.45) is 5.17. The van der Waals surface area contributed by atoms with Crippen LogP contribution in [0, 0.1) is 5.82 Å². The maximum Gasteiger partial charge on any atom is 0.146 e. The molecule has 0 aromatic carbocycles. The monoisotopic (exact) mass is 234 g/mol. The number of aryl methyl sites for hydroxylation is 1. The molecule has 0 aliphatic rings. The number of aromatic nitrogens is 3. The number of hydrogen-bond donors (Lipinski definition) is 1. The van der Waals surface area contributed by atoms with Crippen LogP contribution in [0.2, 0.25) is 0 Å². The van der Waals surface area contributed by atoms with Crippen LogP contribution in [0.25, 0.3) is 0 Å². The minimum absolute atomic E-state index is 0.322. The Bertz CT molecular complexity index is 495. The van der Waals surface area contributed by atoms with E-state index in [9.17, 15) is 4.39 Å². The molecule has 0 aliphatic carbocycles. The minimum atomic E-state index is -0.328. The second-order valence-electron chi connectivity index (χ2n) is 3.66. The summed E-state index contributed by atoms with van der Waals surface area (Å²) in [6, 6.07) is 2.66. The van der Waals surface area contributed by atoms with Crippen molar-refractivity contribution >= 4 is 0 Å². The zero-order valence-electron chi connectivity index (χ0n) is 9.89. The van der Waals surface area contributed by atoms with Crippen molar-refractivity contribution in [3.8, 4) is 0 Å². The quantitative estimate of drug-likeness (QED) is 0.876. The van der Waals surface area contributed by atoms with E-state index in [0.717, 1.165) is 12.4 Å². The third kappa shape index (κ3) is 2.19. The lowest BCUT2D eigenvalue weighted by Gasteiger charge is -2.16. The van der Waals surface area contributed by atoms with Crippen molar-refractivity contribution in [2.75, 3.05) is 7.05 Å². The summed E-state index contributed by atoms with van der Waals surface area (Å²) in [5.74, 6) is 0.449. The largest absolute Gasteiger partial charge is 0.334 e. The topological polar surface area (TPSA) is 42.7 Å². The molecule has 0 fully saturated rings. The van der Waals surface area contributed by atoms with Crippen molar-refractivity contribution in [3.63, 3.8) is 0 Å². The molecule has 0 amide bonds. The molecule has 0 radical (unpaired) electrons. The van der Waals surface area contributed by atoms with Gasteiger partial charge in [-0.25, -0.2) is 9.37 Å². The summed E-state index contributed by atoms with van der Waals surface area (Å²) in [4.78, 5) is 8.36. The number of nitrogens with zero attached hydrogens (tertiary/aromatic N) is 3. The molecule has 0 spiro atoms. The molecule has 4 nitrogen and oxygen atoms in total. The predicted molar refractivity (Wildman–Crippen MR) is 63.0 cm³/mol. The van der Waals surface area contributed by atoms with Gasteiger partial charge in [-0.15, -0.1) is 0 Å². The first kappa shape index (κ1) is 11.7. The summed E-state index contributed by atoms with van der Waals surface area (Å²) in [7, 11) is 1.77. The second kappa shape index (κ2) is 5.05. The number of hydrogen-bond acceptors (Lipinski definition) is 3. The Hall–Kier alpha value is -1.75. The van der Waals surface area contributed by atoms with Crippen molar-refractivity contribution in [1.29, 1.82) is 0 Å². The summed E-state index contributed by atoms with van der Waals surface area (Å²) < 4.78 is 15.7. The maximum absolute atomic E-state index is 13.7. The van der Waals surface area contributed by atoms with Gasteiger partial charge in [0.05, 0.1) is 0 Å². The predicted octanol–water partition coefficient (Wildman–Crippen LogP) is 1.75. The molecule has 17 heavy (non-hydrogen) atoms. The van der Waals surface area contributed by atoms with Crippen molar-refractivity contribution in [2.45, 2.75) is 19.5 Å². The van der Waals surface area contributed by atoms with E-state index in [4.69, 9.17) is 0 Å². The zero-order chi connectivity index (χ0) is 12.3. The van der Waals surface area contributed by atoms with E-state index < -0.39 is 0 Å². The molecule has 5 heteroatoms. The molecule has 0 aliphatic heterocycles. The highest BCUT2D eigenvalue weighted by Crippen LogP contribution is 2.20. The molecular weight excluding hydrogens is 219 g/mol. The summed E-state index contributed by atoms with van der Waals surface area (Å²) in [5.41, 5.74) is 0.371. The molecule has 0 saturated heterocycles. The Morgan fingerprint density at radius 3 is 2.88 bits per heavy atom. The summed E-state index contributed by atoms with van der Waals surface area (Å²) in [5, 5.41) is 3.05. The molecular formula is C12H15FN4. The molecule has 2 heterocycles. The highest BCUT2D eigenvalue weighted by Gasteiger charge is 2.21. The molecule has 1 atom stereocenters. The van der Waals surface area contributed by atoms with Crippen LogP contribution in [0.15, 0.2) is 30.7 Å². The van der Waals surface area contributed by atoms with Crippen molar-refractivity contribution in [2.24, 2.45) is 0 Å². The van der Waals surface area contributed by atoms with Gasteiger partial charge in [-0.05, 0) is 26.1 Å². The Morgan fingerprint density at radius 1 is 1.41 bits per heavy atom. The number of rotatable bonds is 4. The van der Waals surface area contributed by atoms with Crippen LogP contribution in [-0.2, 0) is 6.54 Å². The molecule has 1 N–H and O–H groups in total. The first-order valence-corrected chi connectivity index (χ1v) is 5.56. The molecule has 2 aromatic heterocycles. The van der Waals surface area contributed by atoms with Gasteiger partial charge in [0.2, 0.25) is 0 Å². The molecule has 1 unspecified atom stereocenters. The number of nitrogens with one attached hydrogen (secondary N) is 1. The number of pyridine rings is 1. The third-order valence-electron chi connectivity index (χ3n) is 2.70. The van der Waals surface area contributed by atoms with E-state index in [1.54, 1.807) is 25.5 Å². The van der Waals surface area contributed by atoms with Crippen LogP contribution >= 0.6 is 0 Å². The van der Waals surface area contributed by atoms with Crippen molar-refractivity contribution in [1.82, 2.24) is 19.9 Å². The Kier molecular flexibility index (Phi) is 3.49. The third-order valence-corrected chi connectivity index (χ3v) is 2.70. The van der Waals surface area contributed by atoms with Gasteiger partial charge in [-0.3, -0.25) is 4.98 Å². The number of imidazole rings is 1. The second-order valence-corrected chi connectivity index (χ2v) is 3.66. The fraction of sp³-hybridized carbons (Fsp3) is 0.333. The van der Waals surface area contributed by atoms with Gasteiger partial charge in [0.15, 0.2) is 0 Å². The van der Waals surface area contributed by atoms with E-state index >= 15 is 0 Å². The van der Waals surface area contributed by atoms with Crippen LogP contribution in [-0.4, -0.2) is 21.6 Å². The van der Waals surface area contributed by atoms with Crippen LogP contribution in [0.1, 0.15) is 24.5 Å². The van der Waals surface area contributed by atoms with E-state index in [1.807, 2.05) is 17.7 Å². The van der Waals surface area contributed by atoms with Crippen molar-refractivity contribution < 1.29 is 4.39 Å². The molecule has 0 bridgehead atoms. The van der Waals surface area contributed by atoms with Gasteiger partial charge >= 0.3 is 0 Å². The van der Waals surface area contributed by atoms with Crippen LogP contribution in [0.4, 0.5) is 4.39 Å². The Labute approximate surface area is 99.5 Å². The highest BCUT2D eigenvalue weighted by atomic mass is 19.1. The SMILES string of the molecule is CCn1ccnc1C(NC)c1ncccc1F. The molecule has 90 valence electrons. The normalized spacial score (nSPS) is 12.6. The minimum Gasteiger partial charge on any atom is -0.334 e. The molecule has 2 aromatic rings. The van der Waals surface area contributed by atoms with E-state index in [0.29, 0.717) is 5.69 Å². The summed E-state index contributed by atoms with van der Waals surface area (Å²) in [6.45, 7) is 2.81. The lowest BCUT2D eigenvalue weighted by Crippen LogP contribution is -2.23. The summed E-state index contributed by atoms with van der Waals surface area (Å²) >= 11 is 0. The average molecular weight is 234 g/mol. The first-order chi connectivity index (χ1) is 8.27. The molecule has 2 rings (SSSR count). The van der Waals surface area contributed by atoms with Gasteiger partial charge in [-0.2, -0.15) is 0 Å². The van der Waals surface area contributed by atoms with Crippen LogP contribution < -0.4 is 5.32 Å². The van der Waals surface area contributed by atoms with E-state index in [-0.39, 0.29) is 11.9 Å². The maximum atomic E-state index is 13.7. The van der Waals surface area contributed by atoms with E-state index in [1.165, 1.54) is 6.07 Å². The van der Waals surface area contributed by atoms with Crippen molar-refractivity contribution in [3.05, 3.63) is 48.1 Å². The zero-order valence-corrected chi connectivity index (χ0v) is 9.89. The fourth-order valence-electron chi connectivity index (χ4n) is 1.85. The van der Waals surface area contributed by atoms with Crippen LogP contribution in [0.3, 0.4) is 0 Å². The number of halogens is 1. The van der Waals surface area contributed by atoms with Gasteiger partial charge < -0.3 is 9.88 Å². The smallest absolute Gasteiger partial charge is 0.146 e. The fourth-order valence-corrected chi connectivity index (χ4v) is 1.85. The van der Waals surface area contributed by atoms with E-state index in [2.05, 4.69) is 15.3 Å². The highest BCUT2D eigenvalue weighted by molar-refractivity contribution is 5.19. The molecule has 0 saturated carbocycles. The Morgan fingerprint density at radius 2 is 2.24 bits per heavy atom. The lowest BCUT2D eigenvalue weighted by molar-refractivity contribution is 0.528. The van der Waals surface area contributed by atoms with Gasteiger partial charge in [0.1, 0.15) is 23.4 Å². The average Bonchev–Trinajstić information content (AvgIpc) is 2.81. The van der Waals surface area contributed by atoms with Gasteiger partial charge in [0.25, 0.3) is 0 Å². The Balaban J connectivity index is 2.44. The lowest BCUT2D eigenvalue weighted by atomic mass is 10.1. The van der Waals surface area contributed by atoms with Crippen LogP contribution in [0.5, 0.6) is 0 Å². The van der Waals surface area contributed by atoms with Gasteiger partial charge in [-0.1, -0.05) is 0 Å². The van der Waals surface area contributed by atoms with Gasteiger partial charge in [0, 0.05) is 25.1 Å². The first-order valence-electron chi connectivity index (χ1n) is 5.56. The standard InChI is InChI=1S/C12H15FN4/c1-3-17-8-7-16-12(17)11(14-2)10-9(13)5-4-6-15-10/h4-8,11,14H,3H2,1-2H3.